The molecule has 1 atom stereocenters. The molecule has 0 radical (unpaired) electrons. The lowest BCUT2D eigenvalue weighted by molar-refractivity contribution is 0.508. The number of aromatic nitrogens is 2. The number of nitrogens with two attached hydrogens (primary N) is 1. The number of thioether (sulfide) groups is 1. The Hall–Kier alpha value is -1.37. The molecule has 0 bridgehead atoms. The van der Waals surface area contributed by atoms with Gasteiger partial charge in [-0.1, -0.05) is 19.1 Å². The minimum absolute atomic E-state index is 0.0614. The molecule has 2 aromatic rings. The molecular formula is C14H19FN4S. The highest BCUT2D eigenvalue weighted by molar-refractivity contribution is 7.99. The Bertz CT molecular complexity index is 543. The van der Waals surface area contributed by atoms with E-state index in [1.807, 2.05) is 16.8 Å². The summed E-state index contributed by atoms with van der Waals surface area (Å²) in [5.74, 6) is 6.08. The Morgan fingerprint density at radius 3 is 2.90 bits per heavy atom. The number of halogens is 1. The molecule has 1 unspecified atom stereocenters. The van der Waals surface area contributed by atoms with Gasteiger partial charge in [0.05, 0.1) is 11.7 Å². The molecule has 0 amide bonds. The standard InChI is InChI=1S/C14H19FN4S/c1-2-9-19-13(7-8-17-19)12(18-16)10-20-14-6-4-3-5-11(14)15/h3-8,12,18H,2,9-10,16H2,1H3. The second kappa shape index (κ2) is 7.42. The van der Waals surface area contributed by atoms with Crippen LogP contribution in [0, 0.1) is 5.82 Å². The van der Waals surface area contributed by atoms with Gasteiger partial charge in [0.15, 0.2) is 0 Å². The third kappa shape index (κ3) is 3.59. The van der Waals surface area contributed by atoms with E-state index in [2.05, 4.69) is 17.4 Å². The summed E-state index contributed by atoms with van der Waals surface area (Å²) in [6, 6.07) is 8.65. The number of hydrogen-bond acceptors (Lipinski definition) is 4. The van der Waals surface area contributed by atoms with Crippen LogP contribution in [-0.4, -0.2) is 15.5 Å². The number of hydrogen-bond donors (Lipinski definition) is 2. The van der Waals surface area contributed by atoms with Crippen molar-refractivity contribution in [2.24, 2.45) is 5.84 Å². The summed E-state index contributed by atoms with van der Waals surface area (Å²) in [4.78, 5) is 0.634. The van der Waals surface area contributed by atoms with Crippen molar-refractivity contribution in [3.05, 3.63) is 48.0 Å². The van der Waals surface area contributed by atoms with E-state index in [9.17, 15) is 4.39 Å². The minimum Gasteiger partial charge on any atom is -0.271 e. The highest BCUT2D eigenvalue weighted by Crippen LogP contribution is 2.26. The Balaban J connectivity index is 2.06. The molecule has 0 saturated heterocycles. The van der Waals surface area contributed by atoms with Crippen molar-refractivity contribution in [1.29, 1.82) is 0 Å². The lowest BCUT2D eigenvalue weighted by Gasteiger charge is -2.17. The third-order valence-electron chi connectivity index (χ3n) is 2.99. The summed E-state index contributed by atoms with van der Waals surface area (Å²) >= 11 is 1.45. The van der Waals surface area contributed by atoms with Crippen molar-refractivity contribution in [3.63, 3.8) is 0 Å². The van der Waals surface area contributed by atoms with Crippen LogP contribution in [0.5, 0.6) is 0 Å². The van der Waals surface area contributed by atoms with Crippen LogP contribution in [0.1, 0.15) is 25.1 Å². The number of nitrogens with zero attached hydrogens (tertiary/aromatic N) is 2. The fourth-order valence-electron chi connectivity index (χ4n) is 1.99. The first-order chi connectivity index (χ1) is 9.76. The molecule has 6 heteroatoms. The summed E-state index contributed by atoms with van der Waals surface area (Å²) in [5.41, 5.74) is 3.81. The molecule has 0 aliphatic rings. The highest BCUT2D eigenvalue weighted by Gasteiger charge is 2.15. The van der Waals surface area contributed by atoms with Gasteiger partial charge in [-0.15, -0.1) is 11.8 Å². The lowest BCUT2D eigenvalue weighted by Crippen LogP contribution is -2.31. The quantitative estimate of drug-likeness (QED) is 0.468. The predicted octanol–water partition coefficient (Wildman–Crippen LogP) is 2.73. The van der Waals surface area contributed by atoms with Gasteiger partial charge in [-0.2, -0.15) is 5.10 Å². The van der Waals surface area contributed by atoms with Crippen LogP contribution in [0.3, 0.4) is 0 Å². The fourth-order valence-corrected chi connectivity index (χ4v) is 2.99. The van der Waals surface area contributed by atoms with Crippen LogP contribution >= 0.6 is 11.8 Å². The SMILES string of the molecule is CCCn1nccc1C(CSc1ccccc1F)NN. The average molecular weight is 294 g/mol. The molecule has 1 aromatic carbocycles. The molecule has 108 valence electrons. The van der Waals surface area contributed by atoms with E-state index < -0.39 is 0 Å². The average Bonchev–Trinajstić information content (AvgIpc) is 2.90. The number of hydrazine groups is 1. The molecule has 0 spiro atoms. The molecule has 3 N–H and O–H groups in total. The second-order valence-electron chi connectivity index (χ2n) is 4.44. The predicted molar refractivity (Wildman–Crippen MR) is 79.7 cm³/mol. The van der Waals surface area contributed by atoms with Gasteiger partial charge in [0, 0.05) is 23.4 Å². The van der Waals surface area contributed by atoms with Crippen molar-refractivity contribution in [2.75, 3.05) is 5.75 Å². The molecule has 4 nitrogen and oxygen atoms in total. The lowest BCUT2D eigenvalue weighted by atomic mass is 10.2. The van der Waals surface area contributed by atoms with Gasteiger partial charge >= 0.3 is 0 Å². The fraction of sp³-hybridized carbons (Fsp3) is 0.357. The number of aryl methyl sites for hydroxylation is 1. The highest BCUT2D eigenvalue weighted by atomic mass is 32.2. The number of benzene rings is 1. The van der Waals surface area contributed by atoms with Gasteiger partial charge in [-0.3, -0.25) is 16.0 Å². The Kier molecular flexibility index (Phi) is 5.58. The summed E-state index contributed by atoms with van der Waals surface area (Å²) in [6.07, 6.45) is 2.77. The van der Waals surface area contributed by atoms with Crippen LogP contribution in [0.25, 0.3) is 0 Å². The number of nitrogens with one attached hydrogen (secondary N) is 1. The minimum atomic E-state index is -0.199. The maximum Gasteiger partial charge on any atom is 0.136 e. The largest absolute Gasteiger partial charge is 0.271 e. The Morgan fingerprint density at radius 1 is 1.40 bits per heavy atom. The van der Waals surface area contributed by atoms with Crippen LogP contribution in [-0.2, 0) is 6.54 Å². The van der Waals surface area contributed by atoms with Gasteiger partial charge in [0.25, 0.3) is 0 Å². The first kappa shape index (κ1) is 15.0. The molecule has 0 saturated carbocycles. The Labute approximate surface area is 122 Å². The first-order valence-electron chi connectivity index (χ1n) is 6.61. The summed E-state index contributed by atoms with van der Waals surface area (Å²) in [5, 5.41) is 4.29. The Morgan fingerprint density at radius 2 is 2.20 bits per heavy atom. The third-order valence-corrected chi connectivity index (χ3v) is 4.13. The van der Waals surface area contributed by atoms with Crippen molar-refractivity contribution in [1.82, 2.24) is 15.2 Å². The summed E-state index contributed by atoms with van der Waals surface area (Å²) in [7, 11) is 0. The molecule has 1 aromatic heterocycles. The van der Waals surface area contributed by atoms with Crippen LogP contribution in [0.4, 0.5) is 4.39 Å². The monoisotopic (exact) mass is 294 g/mol. The van der Waals surface area contributed by atoms with E-state index in [4.69, 9.17) is 5.84 Å². The number of rotatable bonds is 7. The van der Waals surface area contributed by atoms with Gasteiger partial charge in [-0.05, 0) is 24.6 Å². The topological polar surface area (TPSA) is 55.9 Å². The molecule has 1 heterocycles. The van der Waals surface area contributed by atoms with Crippen molar-refractivity contribution in [2.45, 2.75) is 30.8 Å². The van der Waals surface area contributed by atoms with Crippen LogP contribution in [0.2, 0.25) is 0 Å². The van der Waals surface area contributed by atoms with Crippen molar-refractivity contribution in [3.8, 4) is 0 Å². The van der Waals surface area contributed by atoms with E-state index >= 15 is 0 Å². The van der Waals surface area contributed by atoms with E-state index in [1.165, 1.54) is 17.8 Å². The second-order valence-corrected chi connectivity index (χ2v) is 5.50. The maximum atomic E-state index is 13.6. The zero-order chi connectivity index (χ0) is 14.4. The van der Waals surface area contributed by atoms with Gasteiger partial charge in [0.2, 0.25) is 0 Å². The summed E-state index contributed by atoms with van der Waals surface area (Å²) in [6.45, 7) is 2.95. The normalized spacial score (nSPS) is 12.6. The molecule has 2 rings (SSSR count). The van der Waals surface area contributed by atoms with E-state index in [1.54, 1.807) is 18.3 Å². The zero-order valence-electron chi connectivity index (χ0n) is 11.4. The van der Waals surface area contributed by atoms with E-state index in [0.717, 1.165) is 18.7 Å². The molecular weight excluding hydrogens is 275 g/mol. The molecule has 0 fully saturated rings. The van der Waals surface area contributed by atoms with Crippen LogP contribution < -0.4 is 11.3 Å². The molecule has 0 aliphatic heterocycles. The zero-order valence-corrected chi connectivity index (χ0v) is 12.2. The first-order valence-corrected chi connectivity index (χ1v) is 7.60. The summed E-state index contributed by atoms with van der Waals surface area (Å²) < 4.78 is 15.5. The van der Waals surface area contributed by atoms with Crippen molar-refractivity contribution >= 4 is 11.8 Å². The van der Waals surface area contributed by atoms with Gasteiger partial charge in [-0.25, -0.2) is 4.39 Å². The van der Waals surface area contributed by atoms with Gasteiger partial charge in [0.1, 0.15) is 5.82 Å². The van der Waals surface area contributed by atoms with E-state index in [-0.39, 0.29) is 11.9 Å². The van der Waals surface area contributed by atoms with E-state index in [0.29, 0.717) is 10.6 Å². The molecule has 20 heavy (non-hydrogen) atoms. The smallest absolute Gasteiger partial charge is 0.136 e. The maximum absolute atomic E-state index is 13.6. The van der Waals surface area contributed by atoms with Gasteiger partial charge < -0.3 is 0 Å². The molecule has 0 aliphatic carbocycles. The van der Waals surface area contributed by atoms with Crippen LogP contribution in [0.15, 0.2) is 41.4 Å². The van der Waals surface area contributed by atoms with Crippen molar-refractivity contribution < 1.29 is 4.39 Å².